The van der Waals surface area contributed by atoms with Gasteiger partial charge in [-0.25, -0.2) is 13.1 Å². The number of hydrogen-bond acceptors (Lipinski definition) is 4. The molecule has 1 atom stereocenters. The second-order valence-electron chi connectivity index (χ2n) is 6.20. The Bertz CT molecular complexity index is 380. The fourth-order valence-electron chi connectivity index (χ4n) is 3.18. The number of hydrogen-bond donors (Lipinski definition) is 2. The predicted octanol–water partition coefficient (Wildman–Crippen LogP) is 0.637. The molecule has 2 aliphatic heterocycles. The molecular formula is C14H29N3O2S. The predicted molar refractivity (Wildman–Crippen MR) is 82.2 cm³/mol. The first kappa shape index (κ1) is 16.2. The third-order valence-electron chi connectivity index (χ3n) is 4.66. The molecule has 2 heterocycles. The lowest BCUT2D eigenvalue weighted by molar-refractivity contribution is 0.342. The smallest absolute Gasteiger partial charge is 0.211 e. The minimum absolute atomic E-state index is 0.294. The highest BCUT2D eigenvalue weighted by Crippen LogP contribution is 2.17. The zero-order valence-corrected chi connectivity index (χ0v) is 13.4. The molecule has 1 unspecified atom stereocenters. The van der Waals surface area contributed by atoms with E-state index in [4.69, 9.17) is 0 Å². The maximum atomic E-state index is 12.0. The Morgan fingerprint density at radius 3 is 2.60 bits per heavy atom. The number of nitrogens with zero attached hydrogens (tertiary/aromatic N) is 1. The van der Waals surface area contributed by atoms with Crippen molar-refractivity contribution in [2.24, 2.45) is 11.8 Å². The SMILES string of the molecule is CCN1CCC(CNS(=O)(=O)CCC2CCNCC2)C1. The third kappa shape index (κ3) is 5.31. The quantitative estimate of drug-likeness (QED) is 0.724. The van der Waals surface area contributed by atoms with Gasteiger partial charge in [-0.1, -0.05) is 6.92 Å². The van der Waals surface area contributed by atoms with Crippen molar-refractivity contribution in [1.82, 2.24) is 14.9 Å². The van der Waals surface area contributed by atoms with Crippen molar-refractivity contribution in [1.29, 1.82) is 0 Å². The molecule has 2 rings (SSSR count). The van der Waals surface area contributed by atoms with Crippen LogP contribution in [0.5, 0.6) is 0 Å². The molecule has 0 radical (unpaired) electrons. The van der Waals surface area contributed by atoms with Gasteiger partial charge < -0.3 is 10.2 Å². The van der Waals surface area contributed by atoms with Crippen LogP contribution >= 0.6 is 0 Å². The Labute approximate surface area is 123 Å². The first-order valence-corrected chi connectivity index (χ1v) is 9.64. The van der Waals surface area contributed by atoms with Gasteiger partial charge in [0, 0.05) is 13.1 Å². The van der Waals surface area contributed by atoms with E-state index >= 15 is 0 Å². The largest absolute Gasteiger partial charge is 0.317 e. The van der Waals surface area contributed by atoms with Crippen molar-refractivity contribution in [3.8, 4) is 0 Å². The van der Waals surface area contributed by atoms with E-state index in [9.17, 15) is 8.42 Å². The van der Waals surface area contributed by atoms with Gasteiger partial charge in [0.1, 0.15) is 0 Å². The van der Waals surface area contributed by atoms with Crippen LogP contribution in [-0.2, 0) is 10.0 Å². The van der Waals surface area contributed by atoms with Crippen molar-refractivity contribution in [2.45, 2.75) is 32.6 Å². The van der Waals surface area contributed by atoms with Crippen LogP contribution in [0.25, 0.3) is 0 Å². The zero-order chi connectivity index (χ0) is 14.4. The average Bonchev–Trinajstić information content (AvgIpc) is 2.93. The standard InChI is InChI=1S/C14H29N3O2S/c1-2-17-9-5-14(12-17)11-16-20(18,19)10-6-13-3-7-15-8-4-13/h13-16H,2-12H2,1H3. The highest BCUT2D eigenvalue weighted by molar-refractivity contribution is 7.89. The van der Waals surface area contributed by atoms with Crippen LogP contribution in [0.4, 0.5) is 0 Å². The first-order chi connectivity index (χ1) is 9.59. The van der Waals surface area contributed by atoms with Gasteiger partial charge in [-0.15, -0.1) is 0 Å². The highest BCUT2D eigenvalue weighted by Gasteiger charge is 2.23. The van der Waals surface area contributed by atoms with Crippen LogP contribution in [0.1, 0.15) is 32.6 Å². The summed E-state index contributed by atoms with van der Waals surface area (Å²) in [5.74, 6) is 1.36. The van der Waals surface area contributed by atoms with Crippen molar-refractivity contribution in [2.75, 3.05) is 45.0 Å². The van der Waals surface area contributed by atoms with Gasteiger partial charge in [0.25, 0.3) is 0 Å². The van der Waals surface area contributed by atoms with E-state index in [0.717, 1.165) is 58.4 Å². The number of rotatable bonds is 7. The fraction of sp³-hybridized carbons (Fsp3) is 1.00. The molecule has 118 valence electrons. The van der Waals surface area contributed by atoms with Gasteiger partial charge in [-0.3, -0.25) is 0 Å². The molecule has 0 spiro atoms. The molecule has 0 saturated carbocycles. The first-order valence-electron chi connectivity index (χ1n) is 7.99. The Balaban J connectivity index is 1.65. The summed E-state index contributed by atoms with van der Waals surface area (Å²) in [7, 11) is -3.08. The van der Waals surface area contributed by atoms with E-state index in [-0.39, 0.29) is 0 Å². The number of nitrogens with one attached hydrogen (secondary N) is 2. The van der Waals surface area contributed by atoms with Crippen molar-refractivity contribution in [3.05, 3.63) is 0 Å². The van der Waals surface area contributed by atoms with Gasteiger partial charge in [0.15, 0.2) is 0 Å². The Morgan fingerprint density at radius 2 is 1.95 bits per heavy atom. The van der Waals surface area contributed by atoms with Crippen LogP contribution in [0, 0.1) is 11.8 Å². The number of likely N-dealkylation sites (tertiary alicyclic amines) is 1. The molecule has 0 bridgehead atoms. The molecule has 0 aromatic heterocycles. The fourth-order valence-corrected chi connectivity index (χ4v) is 4.45. The van der Waals surface area contributed by atoms with Crippen LogP contribution in [0.15, 0.2) is 0 Å². The molecule has 2 aliphatic rings. The average molecular weight is 303 g/mol. The van der Waals surface area contributed by atoms with E-state index in [1.165, 1.54) is 0 Å². The summed E-state index contributed by atoms with van der Waals surface area (Å²) >= 11 is 0. The summed E-state index contributed by atoms with van der Waals surface area (Å²) in [6, 6.07) is 0. The summed E-state index contributed by atoms with van der Waals surface area (Å²) in [6.07, 6.45) is 4.15. The minimum atomic E-state index is -3.08. The minimum Gasteiger partial charge on any atom is -0.317 e. The van der Waals surface area contributed by atoms with Crippen LogP contribution in [0.2, 0.25) is 0 Å². The third-order valence-corrected chi connectivity index (χ3v) is 6.04. The monoisotopic (exact) mass is 303 g/mol. The lowest BCUT2D eigenvalue weighted by atomic mass is 9.96. The molecular weight excluding hydrogens is 274 g/mol. The maximum absolute atomic E-state index is 12.0. The number of sulfonamides is 1. The summed E-state index contributed by atoms with van der Waals surface area (Å²) in [6.45, 7) is 8.06. The molecule has 2 fully saturated rings. The van der Waals surface area contributed by atoms with Crippen LogP contribution < -0.4 is 10.0 Å². The molecule has 0 aliphatic carbocycles. The van der Waals surface area contributed by atoms with E-state index < -0.39 is 10.0 Å². The van der Waals surface area contributed by atoms with Gasteiger partial charge in [0.05, 0.1) is 5.75 Å². The van der Waals surface area contributed by atoms with E-state index in [1.807, 2.05) is 0 Å². The highest BCUT2D eigenvalue weighted by atomic mass is 32.2. The van der Waals surface area contributed by atoms with Crippen molar-refractivity contribution in [3.63, 3.8) is 0 Å². The topological polar surface area (TPSA) is 61.4 Å². The lowest BCUT2D eigenvalue weighted by Crippen LogP contribution is -2.34. The Kier molecular flexibility index (Phi) is 6.26. The van der Waals surface area contributed by atoms with E-state index in [2.05, 4.69) is 21.9 Å². The molecule has 5 nitrogen and oxygen atoms in total. The molecule has 0 amide bonds. The Hall–Kier alpha value is -0.170. The van der Waals surface area contributed by atoms with Crippen molar-refractivity contribution < 1.29 is 8.42 Å². The maximum Gasteiger partial charge on any atom is 0.211 e. The molecule has 0 aromatic rings. The van der Waals surface area contributed by atoms with Crippen molar-refractivity contribution >= 4 is 10.0 Å². The summed E-state index contributed by atoms with van der Waals surface area (Å²) in [5.41, 5.74) is 0. The van der Waals surface area contributed by atoms with Gasteiger partial charge in [-0.05, 0) is 63.7 Å². The van der Waals surface area contributed by atoms with Crippen LogP contribution in [-0.4, -0.2) is 58.3 Å². The summed E-state index contributed by atoms with van der Waals surface area (Å²) in [4.78, 5) is 2.38. The van der Waals surface area contributed by atoms with E-state index in [1.54, 1.807) is 0 Å². The second kappa shape index (κ2) is 7.73. The van der Waals surface area contributed by atoms with Gasteiger partial charge >= 0.3 is 0 Å². The van der Waals surface area contributed by atoms with Crippen LogP contribution in [0.3, 0.4) is 0 Å². The molecule has 2 N–H and O–H groups in total. The zero-order valence-electron chi connectivity index (χ0n) is 12.6. The van der Waals surface area contributed by atoms with E-state index in [0.29, 0.717) is 24.1 Å². The molecule has 6 heteroatoms. The molecule has 0 aromatic carbocycles. The Morgan fingerprint density at radius 1 is 1.20 bits per heavy atom. The number of piperidine rings is 1. The lowest BCUT2D eigenvalue weighted by Gasteiger charge is -2.22. The van der Waals surface area contributed by atoms with Gasteiger partial charge in [0.2, 0.25) is 10.0 Å². The summed E-state index contributed by atoms with van der Waals surface area (Å²) in [5, 5.41) is 3.31. The molecule has 2 saturated heterocycles. The second-order valence-corrected chi connectivity index (χ2v) is 8.12. The molecule has 20 heavy (non-hydrogen) atoms. The summed E-state index contributed by atoms with van der Waals surface area (Å²) < 4.78 is 26.9. The van der Waals surface area contributed by atoms with Gasteiger partial charge in [-0.2, -0.15) is 0 Å². The normalized spacial score (nSPS) is 26.1.